The Labute approximate surface area is 108 Å². The molecule has 0 aliphatic heterocycles. The van der Waals surface area contributed by atoms with Gasteiger partial charge >= 0.3 is 6.65 Å². The number of hydrogen-bond donors (Lipinski definition) is 1. The van der Waals surface area contributed by atoms with Gasteiger partial charge in [-0.25, -0.2) is 0 Å². The molecule has 1 rings (SSSR count). The molecule has 2 nitrogen and oxygen atoms in total. The van der Waals surface area contributed by atoms with E-state index in [-0.39, 0.29) is 0 Å². The minimum Gasteiger partial charge on any atom is -0.321 e. The van der Waals surface area contributed by atoms with Crippen molar-refractivity contribution in [3.8, 4) is 0 Å². The van der Waals surface area contributed by atoms with E-state index in [1.54, 1.807) is 18.2 Å². The molecule has 0 saturated heterocycles. The van der Waals surface area contributed by atoms with Crippen molar-refractivity contribution in [3.63, 3.8) is 0 Å². The summed E-state index contributed by atoms with van der Waals surface area (Å²) in [6, 6.07) is 7.12. The average molecular weight is 307 g/mol. The number of hydrogen-bond acceptors (Lipinski definition) is 1. The third-order valence-corrected chi connectivity index (χ3v) is 6.75. The fourth-order valence-electron chi connectivity index (χ4n) is 0.944. The normalized spacial score (nSPS) is 15.8. The van der Waals surface area contributed by atoms with Gasteiger partial charge in [-0.2, -0.15) is 0 Å². The summed E-state index contributed by atoms with van der Waals surface area (Å²) >= 11 is 22.1. The molecule has 0 fully saturated rings. The Bertz CT molecular complexity index is 404. The maximum atomic E-state index is 11.8. The smallest absolute Gasteiger partial charge is 0.305 e. The van der Waals surface area contributed by atoms with E-state index in [4.69, 9.17) is 46.0 Å². The fraction of sp³-hybridized carbons (Fsp3) is 0.250. The van der Waals surface area contributed by atoms with Crippen LogP contribution in [-0.4, -0.2) is 3.53 Å². The largest absolute Gasteiger partial charge is 0.321 e. The summed E-state index contributed by atoms with van der Waals surface area (Å²) in [5, 5.41) is 2.52. The van der Waals surface area contributed by atoms with Gasteiger partial charge in [0.25, 0.3) is 3.53 Å². The van der Waals surface area contributed by atoms with Crippen LogP contribution in [0.4, 0.5) is 5.69 Å². The molecule has 1 aromatic carbocycles. The Morgan fingerprint density at radius 1 is 1.33 bits per heavy atom. The van der Waals surface area contributed by atoms with Gasteiger partial charge in [0.05, 0.1) is 0 Å². The van der Waals surface area contributed by atoms with Crippen LogP contribution in [0, 0.1) is 6.92 Å². The van der Waals surface area contributed by atoms with Crippen molar-refractivity contribution in [1.29, 1.82) is 0 Å². The second kappa shape index (κ2) is 4.73. The van der Waals surface area contributed by atoms with Crippen molar-refractivity contribution >= 4 is 58.4 Å². The molecule has 0 amide bonds. The number of aryl methyl sites for hydroxylation is 1. The molecule has 0 unspecified atom stereocenters. The van der Waals surface area contributed by atoms with Gasteiger partial charge in [-0.05, 0) is 35.9 Å². The van der Waals surface area contributed by atoms with Crippen LogP contribution >= 0.6 is 52.7 Å². The van der Waals surface area contributed by atoms with Gasteiger partial charge in [-0.1, -0.05) is 46.9 Å². The predicted molar refractivity (Wildman–Crippen MR) is 68.6 cm³/mol. The van der Waals surface area contributed by atoms with Crippen LogP contribution < -0.4 is 5.09 Å². The van der Waals surface area contributed by atoms with E-state index >= 15 is 0 Å². The zero-order chi connectivity index (χ0) is 11.7. The molecule has 0 spiro atoms. The molecule has 0 aliphatic rings. The first-order valence-corrected chi connectivity index (χ1v) is 7.68. The number of alkyl halides is 3. The SMILES string of the molecule is Cc1cccc(N[P@](=O)(Cl)C(Cl)(Cl)Cl)c1. The van der Waals surface area contributed by atoms with Gasteiger partial charge in [0.2, 0.25) is 0 Å². The van der Waals surface area contributed by atoms with E-state index in [1.807, 2.05) is 13.0 Å². The van der Waals surface area contributed by atoms with E-state index in [2.05, 4.69) is 5.09 Å². The summed E-state index contributed by atoms with van der Waals surface area (Å²) in [5.41, 5.74) is 1.54. The number of benzene rings is 1. The number of anilines is 1. The van der Waals surface area contributed by atoms with Crippen LogP contribution in [0.1, 0.15) is 5.56 Å². The van der Waals surface area contributed by atoms with E-state index in [9.17, 15) is 4.57 Å². The maximum absolute atomic E-state index is 11.8. The summed E-state index contributed by atoms with van der Waals surface area (Å²) in [5.74, 6) is 0. The highest BCUT2D eigenvalue weighted by molar-refractivity contribution is 7.95. The Morgan fingerprint density at radius 3 is 2.40 bits per heavy atom. The summed E-state index contributed by atoms with van der Waals surface area (Å²) in [6.07, 6.45) is 0. The van der Waals surface area contributed by atoms with Crippen molar-refractivity contribution < 1.29 is 4.57 Å². The molecule has 0 saturated carbocycles. The third kappa shape index (κ3) is 3.72. The van der Waals surface area contributed by atoms with Crippen molar-refractivity contribution in [3.05, 3.63) is 29.8 Å². The molecule has 0 aromatic heterocycles. The highest BCUT2D eigenvalue weighted by Gasteiger charge is 2.43. The third-order valence-electron chi connectivity index (χ3n) is 1.62. The van der Waals surface area contributed by atoms with Crippen molar-refractivity contribution in [2.24, 2.45) is 0 Å². The molecule has 0 heterocycles. The highest BCUT2D eigenvalue weighted by Crippen LogP contribution is 2.68. The van der Waals surface area contributed by atoms with Crippen LogP contribution in [0.25, 0.3) is 0 Å². The zero-order valence-electron chi connectivity index (χ0n) is 7.68. The van der Waals surface area contributed by atoms with Gasteiger partial charge in [0.15, 0.2) is 0 Å². The van der Waals surface area contributed by atoms with Gasteiger partial charge in [0, 0.05) is 5.69 Å². The maximum Gasteiger partial charge on any atom is 0.305 e. The molecule has 84 valence electrons. The average Bonchev–Trinajstić information content (AvgIpc) is 2.00. The van der Waals surface area contributed by atoms with Gasteiger partial charge < -0.3 is 5.09 Å². The molecule has 7 heteroatoms. The summed E-state index contributed by atoms with van der Waals surface area (Å²) in [4.78, 5) is 0. The van der Waals surface area contributed by atoms with Gasteiger partial charge in [0.1, 0.15) is 0 Å². The monoisotopic (exact) mass is 305 g/mol. The van der Waals surface area contributed by atoms with Gasteiger partial charge in [-0.15, -0.1) is 0 Å². The van der Waals surface area contributed by atoms with E-state index in [0.717, 1.165) is 5.56 Å². The minimum atomic E-state index is -3.60. The van der Waals surface area contributed by atoms with Crippen LogP contribution in [0.5, 0.6) is 0 Å². The van der Waals surface area contributed by atoms with Crippen LogP contribution in [0.3, 0.4) is 0 Å². The Kier molecular flexibility index (Phi) is 4.25. The Hall–Kier alpha value is 0.410. The molecule has 1 aromatic rings. The number of halogens is 4. The second-order valence-corrected chi connectivity index (χ2v) is 9.44. The molecular formula is C8H8Cl4NOP. The molecule has 1 atom stereocenters. The Morgan fingerprint density at radius 2 is 1.93 bits per heavy atom. The van der Waals surface area contributed by atoms with Gasteiger partial charge in [-0.3, -0.25) is 4.57 Å². The van der Waals surface area contributed by atoms with E-state index < -0.39 is 10.2 Å². The summed E-state index contributed by atoms with van der Waals surface area (Å²) in [7, 11) is 0. The topological polar surface area (TPSA) is 29.1 Å². The first-order chi connectivity index (χ1) is 6.72. The minimum absolute atomic E-state index is 0.555. The molecule has 15 heavy (non-hydrogen) atoms. The van der Waals surface area contributed by atoms with Crippen LogP contribution in [0.15, 0.2) is 24.3 Å². The lowest BCUT2D eigenvalue weighted by atomic mass is 10.2. The first kappa shape index (κ1) is 13.5. The first-order valence-electron chi connectivity index (χ1n) is 3.94. The zero-order valence-corrected chi connectivity index (χ0v) is 11.6. The van der Waals surface area contributed by atoms with Crippen LogP contribution in [0.2, 0.25) is 0 Å². The van der Waals surface area contributed by atoms with E-state index in [0.29, 0.717) is 5.69 Å². The molecule has 0 aliphatic carbocycles. The second-order valence-electron chi connectivity index (χ2n) is 2.98. The Balaban J connectivity index is 2.92. The number of rotatable bonds is 2. The van der Waals surface area contributed by atoms with Crippen molar-refractivity contribution in [2.45, 2.75) is 10.5 Å². The van der Waals surface area contributed by atoms with Crippen molar-refractivity contribution in [1.82, 2.24) is 0 Å². The highest BCUT2D eigenvalue weighted by atomic mass is 35.7. The molecule has 1 N–H and O–H groups in total. The molecule has 0 bridgehead atoms. The lowest BCUT2D eigenvalue weighted by Crippen LogP contribution is -2.07. The lowest BCUT2D eigenvalue weighted by Gasteiger charge is -2.20. The fourth-order valence-corrected chi connectivity index (χ4v) is 2.22. The van der Waals surface area contributed by atoms with Crippen LogP contribution in [-0.2, 0) is 4.57 Å². The molecular weight excluding hydrogens is 299 g/mol. The summed E-state index contributed by atoms with van der Waals surface area (Å²) < 4.78 is 9.75. The quantitative estimate of drug-likeness (QED) is 0.603. The predicted octanol–water partition coefficient (Wildman–Crippen LogP) is 5.17. The number of nitrogens with one attached hydrogen (secondary N) is 1. The van der Waals surface area contributed by atoms with Crippen molar-refractivity contribution in [2.75, 3.05) is 5.09 Å². The molecule has 0 radical (unpaired) electrons. The lowest BCUT2D eigenvalue weighted by molar-refractivity contribution is 0.587. The standard InChI is InChI=1S/C8H8Cl4NOP/c1-6-3-2-4-7(5-6)13-15(12,14)8(9,10)11/h2-5H,1H3,(H,13,14)/t15-/m1/s1. The van der Waals surface area contributed by atoms with E-state index in [1.165, 1.54) is 0 Å². The summed E-state index contributed by atoms with van der Waals surface area (Å²) in [6.45, 7) is -1.71.